The Bertz CT molecular complexity index is 1140. The normalized spacial score (nSPS) is 10.7. The van der Waals surface area contributed by atoms with E-state index in [0.29, 0.717) is 29.4 Å². The summed E-state index contributed by atoms with van der Waals surface area (Å²) in [5.41, 5.74) is 5.58. The van der Waals surface area contributed by atoms with Gasteiger partial charge in [0.1, 0.15) is 12.4 Å². The lowest BCUT2D eigenvalue weighted by molar-refractivity contribution is 0.102. The van der Waals surface area contributed by atoms with E-state index in [1.807, 2.05) is 43.5 Å². The molecule has 2 aromatic heterocycles. The third kappa shape index (κ3) is 4.30. The van der Waals surface area contributed by atoms with Gasteiger partial charge >= 0.3 is 0 Å². The molecule has 0 aliphatic carbocycles. The summed E-state index contributed by atoms with van der Waals surface area (Å²) in [6, 6.07) is 12.7. The van der Waals surface area contributed by atoms with E-state index in [-0.39, 0.29) is 5.91 Å². The fraction of sp³-hybridized carbons (Fsp3) is 0.150. The van der Waals surface area contributed by atoms with Crippen LogP contribution in [0.5, 0.6) is 5.75 Å². The summed E-state index contributed by atoms with van der Waals surface area (Å²) in [6.07, 6.45) is 0. The van der Waals surface area contributed by atoms with Crippen molar-refractivity contribution in [2.24, 2.45) is 0 Å². The molecule has 0 aliphatic heterocycles. The molecule has 4 aromatic rings. The molecule has 0 radical (unpaired) electrons. The number of amides is 1. The number of anilines is 1. The van der Waals surface area contributed by atoms with Gasteiger partial charge in [-0.15, -0.1) is 16.4 Å². The Labute approximate surface area is 171 Å². The van der Waals surface area contributed by atoms with Crippen LogP contribution < -0.4 is 10.1 Å². The number of benzene rings is 2. The first kappa shape index (κ1) is 18.8. The highest BCUT2D eigenvalue weighted by Gasteiger charge is 2.11. The minimum absolute atomic E-state index is 0.229. The van der Waals surface area contributed by atoms with Crippen LogP contribution in [0.25, 0.3) is 5.69 Å². The van der Waals surface area contributed by atoms with Gasteiger partial charge in [0.25, 0.3) is 5.91 Å². The molecule has 8 nitrogen and oxygen atoms in total. The Morgan fingerprint density at radius 1 is 1.21 bits per heavy atom. The van der Waals surface area contributed by atoms with Gasteiger partial charge in [-0.3, -0.25) is 4.79 Å². The number of aromatic nitrogens is 5. The maximum absolute atomic E-state index is 12.7. The van der Waals surface area contributed by atoms with Crippen molar-refractivity contribution in [1.29, 1.82) is 0 Å². The van der Waals surface area contributed by atoms with Crippen molar-refractivity contribution in [2.45, 2.75) is 20.5 Å². The first-order valence-electron chi connectivity index (χ1n) is 8.87. The fourth-order valence-corrected chi connectivity index (χ4v) is 3.31. The van der Waals surface area contributed by atoms with Crippen LogP contribution in [0.1, 0.15) is 27.4 Å². The molecule has 9 heteroatoms. The van der Waals surface area contributed by atoms with Crippen LogP contribution >= 0.6 is 11.3 Å². The van der Waals surface area contributed by atoms with Crippen LogP contribution in [-0.2, 0) is 6.61 Å². The Morgan fingerprint density at radius 3 is 2.86 bits per heavy atom. The zero-order chi connectivity index (χ0) is 20.2. The van der Waals surface area contributed by atoms with Gasteiger partial charge in [-0.1, -0.05) is 12.1 Å². The zero-order valence-electron chi connectivity index (χ0n) is 15.9. The highest BCUT2D eigenvalue weighted by molar-refractivity contribution is 7.07. The standard InChI is InChI=1S/C20H18N6O2S/c1-13-6-7-16(9-19(13)26-14(2)23-24-25-26)22-20(27)15-4-3-5-18(8-15)28-10-17-11-29-12-21-17/h3-9,11-12H,10H2,1-2H3,(H,22,27). The van der Waals surface area contributed by atoms with Gasteiger partial charge in [0, 0.05) is 16.6 Å². The lowest BCUT2D eigenvalue weighted by atomic mass is 10.1. The van der Waals surface area contributed by atoms with Crippen molar-refractivity contribution in [3.05, 3.63) is 76.0 Å². The number of carbonyl (C=O) groups excluding carboxylic acids is 1. The molecule has 2 heterocycles. The Balaban J connectivity index is 1.49. The van der Waals surface area contributed by atoms with Crippen molar-refractivity contribution in [3.63, 3.8) is 0 Å². The lowest BCUT2D eigenvalue weighted by Gasteiger charge is -2.11. The lowest BCUT2D eigenvalue weighted by Crippen LogP contribution is -2.13. The van der Waals surface area contributed by atoms with E-state index < -0.39 is 0 Å². The number of tetrazole rings is 1. The second-order valence-corrected chi connectivity index (χ2v) is 7.11. The maximum Gasteiger partial charge on any atom is 0.255 e. The Morgan fingerprint density at radius 2 is 2.10 bits per heavy atom. The molecule has 146 valence electrons. The van der Waals surface area contributed by atoms with Crippen molar-refractivity contribution in [1.82, 2.24) is 25.2 Å². The average molecular weight is 406 g/mol. The van der Waals surface area contributed by atoms with Gasteiger partial charge in [0.15, 0.2) is 5.82 Å². The van der Waals surface area contributed by atoms with Gasteiger partial charge in [-0.2, -0.15) is 4.68 Å². The Hall–Kier alpha value is -3.59. The zero-order valence-corrected chi connectivity index (χ0v) is 16.7. The first-order valence-corrected chi connectivity index (χ1v) is 9.82. The summed E-state index contributed by atoms with van der Waals surface area (Å²) >= 11 is 1.52. The number of nitrogens with zero attached hydrogens (tertiary/aromatic N) is 5. The van der Waals surface area contributed by atoms with Crippen LogP contribution in [0.4, 0.5) is 5.69 Å². The van der Waals surface area contributed by atoms with Gasteiger partial charge in [0.2, 0.25) is 0 Å². The van der Waals surface area contributed by atoms with Crippen molar-refractivity contribution < 1.29 is 9.53 Å². The van der Waals surface area contributed by atoms with Crippen molar-refractivity contribution in [2.75, 3.05) is 5.32 Å². The molecule has 0 aliphatic rings. The molecule has 4 rings (SSSR count). The molecule has 0 bridgehead atoms. The van der Waals surface area contributed by atoms with E-state index in [4.69, 9.17) is 4.74 Å². The number of ether oxygens (including phenoxy) is 1. The minimum Gasteiger partial charge on any atom is -0.487 e. The third-order valence-electron chi connectivity index (χ3n) is 4.29. The molecule has 0 unspecified atom stereocenters. The summed E-state index contributed by atoms with van der Waals surface area (Å²) in [4.78, 5) is 16.9. The number of hydrogen-bond acceptors (Lipinski definition) is 7. The highest BCUT2D eigenvalue weighted by Crippen LogP contribution is 2.21. The maximum atomic E-state index is 12.7. The molecule has 0 saturated carbocycles. The molecule has 2 aromatic carbocycles. The van der Waals surface area contributed by atoms with Gasteiger partial charge < -0.3 is 10.1 Å². The van der Waals surface area contributed by atoms with Gasteiger partial charge in [-0.05, 0) is 60.2 Å². The van der Waals surface area contributed by atoms with Crippen LogP contribution in [0.2, 0.25) is 0 Å². The van der Waals surface area contributed by atoms with E-state index >= 15 is 0 Å². The molecule has 0 spiro atoms. The largest absolute Gasteiger partial charge is 0.487 e. The molecule has 1 amide bonds. The van der Waals surface area contributed by atoms with E-state index in [0.717, 1.165) is 16.9 Å². The Kier molecular flexibility index (Phi) is 5.30. The molecule has 0 saturated heterocycles. The van der Waals surface area contributed by atoms with E-state index in [1.54, 1.807) is 28.4 Å². The van der Waals surface area contributed by atoms with Crippen molar-refractivity contribution >= 4 is 22.9 Å². The summed E-state index contributed by atoms with van der Waals surface area (Å²) in [6.45, 7) is 4.15. The first-order chi connectivity index (χ1) is 14.1. The van der Waals surface area contributed by atoms with Crippen LogP contribution in [0.15, 0.2) is 53.4 Å². The van der Waals surface area contributed by atoms with Crippen LogP contribution in [0.3, 0.4) is 0 Å². The molecule has 29 heavy (non-hydrogen) atoms. The van der Waals surface area contributed by atoms with E-state index in [2.05, 4.69) is 25.8 Å². The molecule has 0 fully saturated rings. The van der Waals surface area contributed by atoms with E-state index in [9.17, 15) is 4.79 Å². The van der Waals surface area contributed by atoms with E-state index in [1.165, 1.54) is 11.3 Å². The number of nitrogens with one attached hydrogen (secondary N) is 1. The molecule has 0 atom stereocenters. The quantitative estimate of drug-likeness (QED) is 0.526. The highest BCUT2D eigenvalue weighted by atomic mass is 32.1. The number of rotatable bonds is 6. The number of hydrogen-bond donors (Lipinski definition) is 1. The summed E-state index contributed by atoms with van der Waals surface area (Å²) in [7, 11) is 0. The number of thiazole rings is 1. The van der Waals surface area contributed by atoms with Gasteiger partial charge in [-0.25, -0.2) is 4.98 Å². The second kappa shape index (κ2) is 8.19. The van der Waals surface area contributed by atoms with Crippen molar-refractivity contribution in [3.8, 4) is 11.4 Å². The molecule has 1 N–H and O–H groups in total. The average Bonchev–Trinajstić information content (AvgIpc) is 3.40. The molecular formula is C20H18N6O2S. The number of carbonyl (C=O) groups is 1. The summed E-state index contributed by atoms with van der Waals surface area (Å²) < 4.78 is 7.36. The molecular weight excluding hydrogens is 388 g/mol. The monoisotopic (exact) mass is 406 g/mol. The summed E-state index contributed by atoms with van der Waals surface area (Å²) in [5, 5.41) is 16.4. The minimum atomic E-state index is -0.229. The predicted octanol–water partition coefficient (Wildman–Crippen LogP) is 3.57. The smallest absolute Gasteiger partial charge is 0.255 e. The van der Waals surface area contributed by atoms with Gasteiger partial charge in [0.05, 0.1) is 16.9 Å². The second-order valence-electron chi connectivity index (χ2n) is 6.39. The predicted molar refractivity (Wildman–Crippen MR) is 109 cm³/mol. The topological polar surface area (TPSA) is 94.8 Å². The SMILES string of the molecule is Cc1ccc(NC(=O)c2cccc(OCc3cscn3)c2)cc1-n1nnnc1C. The number of aryl methyl sites for hydroxylation is 2. The van der Waals surface area contributed by atoms with Crippen LogP contribution in [-0.4, -0.2) is 31.1 Å². The third-order valence-corrected chi connectivity index (χ3v) is 4.92. The van der Waals surface area contributed by atoms with Crippen LogP contribution in [0, 0.1) is 13.8 Å². The summed E-state index contributed by atoms with van der Waals surface area (Å²) in [5.74, 6) is 1.05. The fourth-order valence-electron chi connectivity index (χ4n) is 2.77.